The third-order valence-corrected chi connectivity index (χ3v) is 5.41. The number of rotatable bonds is 2. The van der Waals surface area contributed by atoms with E-state index in [2.05, 4.69) is 42.5 Å². The first-order chi connectivity index (χ1) is 12.4. The molecule has 0 bridgehead atoms. The van der Waals surface area contributed by atoms with Gasteiger partial charge < -0.3 is 0 Å². The van der Waals surface area contributed by atoms with Crippen molar-refractivity contribution in [1.29, 1.82) is 0 Å². The zero-order valence-corrected chi connectivity index (χ0v) is 14.1. The second kappa shape index (κ2) is 5.80. The van der Waals surface area contributed by atoms with Crippen molar-refractivity contribution in [3.8, 4) is 22.6 Å². The van der Waals surface area contributed by atoms with E-state index in [0.29, 0.717) is 0 Å². The van der Waals surface area contributed by atoms with Crippen LogP contribution in [0, 0.1) is 6.07 Å². The van der Waals surface area contributed by atoms with Crippen molar-refractivity contribution >= 4 is 31.6 Å². The molecule has 0 aliphatic heterocycles. The Morgan fingerprint density at radius 2 is 1.48 bits per heavy atom. The van der Waals surface area contributed by atoms with Crippen molar-refractivity contribution in [3.63, 3.8) is 0 Å². The lowest BCUT2D eigenvalue weighted by Crippen LogP contribution is -1.93. The molecule has 0 atom stereocenters. The summed E-state index contributed by atoms with van der Waals surface area (Å²) < 4.78 is 2.38. The first kappa shape index (κ1) is 14.3. The number of fused-ring (bicyclic) bond motifs is 3. The molecule has 0 amide bonds. The Morgan fingerprint density at radius 3 is 2.32 bits per heavy atom. The fraction of sp³-hybridized carbons (Fsp3) is 0. The van der Waals surface area contributed by atoms with Gasteiger partial charge in [-0.1, -0.05) is 72.8 Å². The molecule has 0 saturated heterocycles. The minimum Gasteiger partial charge on any atom is -0.226 e. The van der Waals surface area contributed by atoms with E-state index in [4.69, 9.17) is 9.97 Å². The predicted molar refractivity (Wildman–Crippen MR) is 105 cm³/mol. The van der Waals surface area contributed by atoms with Gasteiger partial charge in [0.2, 0.25) is 0 Å². The second-order valence-electron chi connectivity index (χ2n) is 5.83. The van der Waals surface area contributed by atoms with Gasteiger partial charge in [-0.05, 0) is 12.1 Å². The zero-order valence-electron chi connectivity index (χ0n) is 13.3. The van der Waals surface area contributed by atoms with Gasteiger partial charge in [-0.3, -0.25) is 0 Å². The molecule has 0 unspecified atom stereocenters. The number of nitrogens with zero attached hydrogens (tertiary/aromatic N) is 2. The van der Waals surface area contributed by atoms with E-state index in [0.717, 1.165) is 32.9 Å². The van der Waals surface area contributed by atoms with Crippen LogP contribution in [0.5, 0.6) is 0 Å². The summed E-state index contributed by atoms with van der Waals surface area (Å²) in [6.45, 7) is 0. The lowest BCUT2D eigenvalue weighted by atomic mass is 10.1. The highest BCUT2D eigenvalue weighted by Gasteiger charge is 2.15. The monoisotopic (exact) mass is 337 g/mol. The van der Waals surface area contributed by atoms with Crippen LogP contribution in [0.4, 0.5) is 0 Å². The average Bonchev–Trinajstić information content (AvgIpc) is 3.07. The fourth-order valence-electron chi connectivity index (χ4n) is 3.05. The molecule has 0 spiro atoms. The van der Waals surface area contributed by atoms with Crippen LogP contribution in [-0.4, -0.2) is 9.97 Å². The van der Waals surface area contributed by atoms with Gasteiger partial charge in [0.25, 0.3) is 0 Å². The van der Waals surface area contributed by atoms with Crippen LogP contribution in [0.1, 0.15) is 0 Å². The largest absolute Gasteiger partial charge is 0.226 e. The Kier molecular flexibility index (Phi) is 3.32. The van der Waals surface area contributed by atoms with Gasteiger partial charge in [-0.25, -0.2) is 9.97 Å². The smallest absolute Gasteiger partial charge is 0.160 e. The van der Waals surface area contributed by atoms with E-state index in [1.165, 1.54) is 10.1 Å². The molecule has 0 saturated carbocycles. The SMILES string of the molecule is [c]1ccc(-c2nc(-c3ccccc3)c3sc4ccccc4c3n2)cc1. The maximum Gasteiger partial charge on any atom is 0.160 e. The molecule has 2 nitrogen and oxygen atoms in total. The summed E-state index contributed by atoms with van der Waals surface area (Å²) >= 11 is 1.76. The van der Waals surface area contributed by atoms with Crippen molar-refractivity contribution < 1.29 is 0 Å². The summed E-state index contributed by atoms with van der Waals surface area (Å²) in [6.07, 6.45) is 0. The van der Waals surface area contributed by atoms with Gasteiger partial charge in [0.15, 0.2) is 5.82 Å². The third kappa shape index (κ3) is 2.41. The third-order valence-electron chi connectivity index (χ3n) is 4.24. The van der Waals surface area contributed by atoms with Gasteiger partial charge in [0.1, 0.15) is 0 Å². The van der Waals surface area contributed by atoms with Crippen LogP contribution in [-0.2, 0) is 0 Å². The molecule has 3 aromatic carbocycles. The normalized spacial score (nSPS) is 11.2. The molecule has 2 heterocycles. The Balaban J connectivity index is 1.90. The van der Waals surface area contributed by atoms with Crippen molar-refractivity contribution in [2.24, 2.45) is 0 Å². The van der Waals surface area contributed by atoms with E-state index >= 15 is 0 Å². The lowest BCUT2D eigenvalue weighted by molar-refractivity contribution is 1.24. The van der Waals surface area contributed by atoms with Gasteiger partial charge in [-0.2, -0.15) is 0 Å². The van der Waals surface area contributed by atoms with Gasteiger partial charge in [0.05, 0.1) is 15.9 Å². The molecular formula is C22H13N2S. The summed E-state index contributed by atoms with van der Waals surface area (Å²) in [4.78, 5) is 9.83. The van der Waals surface area contributed by atoms with E-state index in [1.807, 2.05) is 42.5 Å². The molecule has 1 radical (unpaired) electrons. The molecule has 0 fully saturated rings. The highest BCUT2D eigenvalue weighted by Crippen LogP contribution is 2.38. The summed E-state index contributed by atoms with van der Waals surface area (Å²) in [7, 11) is 0. The van der Waals surface area contributed by atoms with Crippen LogP contribution in [0.2, 0.25) is 0 Å². The summed E-state index contributed by atoms with van der Waals surface area (Å²) in [5.41, 5.74) is 4.14. The maximum atomic E-state index is 4.92. The molecule has 25 heavy (non-hydrogen) atoms. The highest BCUT2D eigenvalue weighted by atomic mass is 32.1. The van der Waals surface area contributed by atoms with Crippen molar-refractivity contribution in [3.05, 3.63) is 84.9 Å². The minimum atomic E-state index is 0.754. The predicted octanol–water partition coefficient (Wildman–Crippen LogP) is 5.98. The van der Waals surface area contributed by atoms with Crippen molar-refractivity contribution in [2.45, 2.75) is 0 Å². The quantitative estimate of drug-likeness (QED) is 0.396. The van der Waals surface area contributed by atoms with E-state index in [-0.39, 0.29) is 0 Å². The van der Waals surface area contributed by atoms with Gasteiger partial charge in [0, 0.05) is 21.2 Å². The molecule has 117 valence electrons. The molecule has 3 heteroatoms. The molecule has 0 aliphatic rings. The highest BCUT2D eigenvalue weighted by molar-refractivity contribution is 7.26. The molecule has 5 rings (SSSR count). The first-order valence-electron chi connectivity index (χ1n) is 8.11. The molecule has 5 aromatic rings. The maximum absolute atomic E-state index is 4.92. The van der Waals surface area contributed by atoms with Crippen molar-refractivity contribution in [2.75, 3.05) is 0 Å². The van der Waals surface area contributed by atoms with E-state index in [1.54, 1.807) is 11.3 Å². The fourth-order valence-corrected chi connectivity index (χ4v) is 4.20. The van der Waals surface area contributed by atoms with Gasteiger partial charge >= 0.3 is 0 Å². The number of benzene rings is 3. The number of thiophene rings is 1. The molecular weight excluding hydrogens is 324 g/mol. The topological polar surface area (TPSA) is 25.8 Å². The second-order valence-corrected chi connectivity index (χ2v) is 6.88. The Bertz CT molecular complexity index is 1180. The van der Waals surface area contributed by atoms with Gasteiger partial charge in [-0.15, -0.1) is 11.3 Å². The summed E-state index contributed by atoms with van der Waals surface area (Å²) in [5.74, 6) is 0.754. The standard InChI is InChI=1S/C22H13N2S/c1-3-9-15(10-4-1)19-21-20(17-13-7-8-14-18(17)25-21)24-22(23-19)16-11-5-2-6-12-16/h1,3-14H. The molecule has 0 aliphatic carbocycles. The summed E-state index contributed by atoms with van der Waals surface area (Å²) in [6, 6.07) is 29.6. The van der Waals surface area contributed by atoms with Crippen molar-refractivity contribution in [1.82, 2.24) is 9.97 Å². The van der Waals surface area contributed by atoms with Crippen LogP contribution in [0.15, 0.2) is 78.9 Å². The number of aromatic nitrogens is 2. The molecule has 0 N–H and O–H groups in total. The Morgan fingerprint density at radius 1 is 0.720 bits per heavy atom. The van der Waals surface area contributed by atoms with Crippen LogP contribution >= 0.6 is 11.3 Å². The summed E-state index contributed by atoms with van der Waals surface area (Å²) in [5, 5.41) is 1.19. The Labute approximate surface area is 149 Å². The first-order valence-corrected chi connectivity index (χ1v) is 8.93. The average molecular weight is 337 g/mol. The van der Waals surface area contributed by atoms with Crippen LogP contribution in [0.25, 0.3) is 42.9 Å². The van der Waals surface area contributed by atoms with E-state index < -0.39 is 0 Å². The minimum absolute atomic E-state index is 0.754. The number of hydrogen-bond donors (Lipinski definition) is 0. The lowest BCUT2D eigenvalue weighted by Gasteiger charge is -2.06. The van der Waals surface area contributed by atoms with Crippen LogP contribution in [0.3, 0.4) is 0 Å². The zero-order chi connectivity index (χ0) is 16.6. The van der Waals surface area contributed by atoms with Crippen LogP contribution < -0.4 is 0 Å². The number of hydrogen-bond acceptors (Lipinski definition) is 3. The van der Waals surface area contributed by atoms with E-state index in [9.17, 15) is 0 Å². The Hall–Kier alpha value is -3.04. The molecule has 2 aromatic heterocycles.